The highest BCUT2D eigenvalue weighted by Crippen LogP contribution is 2.25. The second-order valence-electron chi connectivity index (χ2n) is 5.18. The van der Waals surface area contributed by atoms with Crippen LogP contribution in [0.2, 0.25) is 0 Å². The molecule has 0 bridgehead atoms. The van der Waals surface area contributed by atoms with Crippen molar-refractivity contribution in [3.8, 4) is 0 Å². The molecule has 0 aliphatic rings. The fourth-order valence-electron chi connectivity index (χ4n) is 1.19. The van der Waals surface area contributed by atoms with Gasteiger partial charge in [0.1, 0.15) is 0 Å². The van der Waals surface area contributed by atoms with Crippen molar-refractivity contribution >= 4 is 5.71 Å². The Labute approximate surface area is 93.9 Å². The molecule has 0 radical (unpaired) electrons. The highest BCUT2D eigenvalue weighted by atomic mass is 16.4. The molecule has 90 valence electrons. The molecule has 0 rings (SSSR count). The van der Waals surface area contributed by atoms with Crippen LogP contribution in [0.1, 0.15) is 54.4 Å². The van der Waals surface area contributed by atoms with E-state index >= 15 is 0 Å². The molecule has 0 saturated heterocycles. The summed E-state index contributed by atoms with van der Waals surface area (Å²) in [4.78, 5) is 0. The van der Waals surface area contributed by atoms with E-state index in [0.717, 1.165) is 25.1 Å². The van der Waals surface area contributed by atoms with E-state index in [-0.39, 0.29) is 5.54 Å². The molecule has 0 aromatic heterocycles. The molecular weight excluding hydrogens is 188 g/mol. The molecule has 0 unspecified atom stereocenters. The molecule has 0 spiro atoms. The summed E-state index contributed by atoms with van der Waals surface area (Å²) in [5.74, 6) is 0. The lowest BCUT2D eigenvalue weighted by atomic mass is 9.83. The lowest BCUT2D eigenvalue weighted by Gasteiger charge is -2.33. The number of rotatable bonds is 6. The zero-order valence-corrected chi connectivity index (χ0v) is 11.0. The average molecular weight is 214 g/mol. The fraction of sp³-hybridized carbons (Fsp3) is 0.917. The first-order chi connectivity index (χ1) is 6.81. The summed E-state index contributed by atoms with van der Waals surface area (Å²) in [5, 5.41) is 15.5. The van der Waals surface area contributed by atoms with Crippen LogP contribution in [0.15, 0.2) is 5.16 Å². The maximum absolute atomic E-state index is 8.76. The first-order valence-corrected chi connectivity index (χ1v) is 5.75. The molecule has 15 heavy (non-hydrogen) atoms. The smallest absolute Gasteiger partial charge is 0.0734 e. The average Bonchev–Trinajstić information content (AvgIpc) is 2.24. The van der Waals surface area contributed by atoms with E-state index in [9.17, 15) is 0 Å². The first kappa shape index (κ1) is 14.4. The molecule has 0 fully saturated rings. The Balaban J connectivity index is 4.37. The van der Waals surface area contributed by atoms with Gasteiger partial charge in [-0.25, -0.2) is 0 Å². The lowest BCUT2D eigenvalue weighted by molar-refractivity contribution is 0.257. The van der Waals surface area contributed by atoms with E-state index in [0.29, 0.717) is 5.41 Å². The highest BCUT2D eigenvalue weighted by Gasteiger charge is 2.26. The van der Waals surface area contributed by atoms with Crippen molar-refractivity contribution in [2.24, 2.45) is 10.6 Å². The molecule has 0 aliphatic heterocycles. The second-order valence-corrected chi connectivity index (χ2v) is 5.18. The van der Waals surface area contributed by atoms with Crippen molar-refractivity contribution < 1.29 is 5.21 Å². The van der Waals surface area contributed by atoms with E-state index in [1.807, 2.05) is 20.8 Å². The zero-order valence-electron chi connectivity index (χ0n) is 11.0. The van der Waals surface area contributed by atoms with Crippen LogP contribution in [0.5, 0.6) is 0 Å². The summed E-state index contributed by atoms with van der Waals surface area (Å²) >= 11 is 0. The molecule has 0 saturated carbocycles. The molecule has 0 aromatic rings. The summed E-state index contributed by atoms with van der Waals surface area (Å²) in [7, 11) is 0. The molecule has 2 N–H and O–H groups in total. The van der Waals surface area contributed by atoms with Gasteiger partial charge in [0.15, 0.2) is 0 Å². The number of nitrogens with zero attached hydrogens (tertiary/aromatic N) is 1. The van der Waals surface area contributed by atoms with Gasteiger partial charge in [0, 0.05) is 6.54 Å². The Bertz CT molecular complexity index is 218. The third-order valence-corrected chi connectivity index (χ3v) is 3.72. The molecule has 3 nitrogen and oxygen atoms in total. The van der Waals surface area contributed by atoms with E-state index in [4.69, 9.17) is 5.21 Å². The standard InChI is InChI=1S/C12H26N2O/c1-7-12(6,8-2)9-13-11(4,5)10(3)14-15/h13,15H,7-9H2,1-6H3/b14-10+. The van der Waals surface area contributed by atoms with E-state index in [1.54, 1.807) is 0 Å². The molecular formula is C12H26N2O. The Kier molecular flexibility index (Phi) is 5.29. The third-order valence-electron chi connectivity index (χ3n) is 3.72. The van der Waals surface area contributed by atoms with Crippen LogP contribution in [0.3, 0.4) is 0 Å². The van der Waals surface area contributed by atoms with Crippen LogP contribution in [0.4, 0.5) is 0 Å². The van der Waals surface area contributed by atoms with E-state index < -0.39 is 0 Å². The predicted molar refractivity (Wildman–Crippen MR) is 65.7 cm³/mol. The summed E-state index contributed by atoms with van der Waals surface area (Å²) in [6.07, 6.45) is 2.31. The molecule has 0 atom stereocenters. The summed E-state index contributed by atoms with van der Waals surface area (Å²) in [6.45, 7) is 13.6. The molecule has 0 amide bonds. The quantitative estimate of drug-likeness (QED) is 0.405. The van der Waals surface area contributed by atoms with Crippen LogP contribution in [-0.2, 0) is 0 Å². The van der Waals surface area contributed by atoms with Gasteiger partial charge in [-0.3, -0.25) is 0 Å². The monoisotopic (exact) mass is 214 g/mol. The summed E-state index contributed by atoms with van der Waals surface area (Å²) in [5.41, 5.74) is 0.810. The Morgan fingerprint density at radius 2 is 1.67 bits per heavy atom. The minimum Gasteiger partial charge on any atom is -0.411 e. The van der Waals surface area contributed by atoms with E-state index in [1.165, 1.54) is 0 Å². The van der Waals surface area contributed by atoms with Crippen molar-refractivity contribution in [1.82, 2.24) is 5.32 Å². The largest absolute Gasteiger partial charge is 0.411 e. The molecule has 0 heterocycles. The molecule has 0 aliphatic carbocycles. The fourth-order valence-corrected chi connectivity index (χ4v) is 1.19. The van der Waals surface area contributed by atoms with Crippen LogP contribution >= 0.6 is 0 Å². The zero-order chi connectivity index (χ0) is 12.1. The summed E-state index contributed by atoms with van der Waals surface area (Å²) in [6, 6.07) is 0. The van der Waals surface area contributed by atoms with Crippen molar-refractivity contribution in [3.05, 3.63) is 0 Å². The topological polar surface area (TPSA) is 44.6 Å². The normalized spacial score (nSPS) is 14.4. The van der Waals surface area contributed by atoms with Crippen molar-refractivity contribution in [2.45, 2.75) is 59.9 Å². The number of hydrogen-bond acceptors (Lipinski definition) is 3. The van der Waals surface area contributed by atoms with Crippen molar-refractivity contribution in [3.63, 3.8) is 0 Å². The minimum atomic E-state index is -0.236. The van der Waals surface area contributed by atoms with Gasteiger partial charge in [0.25, 0.3) is 0 Å². The lowest BCUT2D eigenvalue weighted by Crippen LogP contribution is -2.49. The van der Waals surface area contributed by atoms with Gasteiger partial charge in [0.05, 0.1) is 11.3 Å². The van der Waals surface area contributed by atoms with Gasteiger partial charge in [-0.15, -0.1) is 0 Å². The second kappa shape index (κ2) is 5.50. The predicted octanol–water partition coefficient (Wildman–Crippen LogP) is 3.03. The van der Waals surface area contributed by atoms with E-state index in [2.05, 4.69) is 31.2 Å². The van der Waals surface area contributed by atoms with Crippen LogP contribution < -0.4 is 5.32 Å². The van der Waals surface area contributed by atoms with Gasteiger partial charge < -0.3 is 10.5 Å². The first-order valence-electron chi connectivity index (χ1n) is 5.75. The van der Waals surface area contributed by atoms with Crippen LogP contribution in [0.25, 0.3) is 0 Å². The third kappa shape index (κ3) is 4.20. The number of oxime groups is 1. The van der Waals surface area contributed by atoms with Crippen LogP contribution in [0, 0.1) is 5.41 Å². The summed E-state index contributed by atoms with van der Waals surface area (Å²) < 4.78 is 0. The van der Waals surface area contributed by atoms with Crippen molar-refractivity contribution in [1.29, 1.82) is 0 Å². The Morgan fingerprint density at radius 3 is 2.00 bits per heavy atom. The number of nitrogens with one attached hydrogen (secondary N) is 1. The maximum Gasteiger partial charge on any atom is 0.0734 e. The van der Waals surface area contributed by atoms with Crippen LogP contribution in [-0.4, -0.2) is 23.0 Å². The minimum absolute atomic E-state index is 0.236. The highest BCUT2D eigenvalue weighted by molar-refractivity contribution is 5.90. The molecule has 3 heteroatoms. The van der Waals surface area contributed by atoms with Gasteiger partial charge >= 0.3 is 0 Å². The van der Waals surface area contributed by atoms with Crippen molar-refractivity contribution in [2.75, 3.05) is 6.54 Å². The van der Waals surface area contributed by atoms with Gasteiger partial charge in [-0.05, 0) is 39.0 Å². The number of hydrogen-bond donors (Lipinski definition) is 2. The van der Waals surface area contributed by atoms with Gasteiger partial charge in [-0.2, -0.15) is 0 Å². The van der Waals surface area contributed by atoms with Gasteiger partial charge in [0.2, 0.25) is 0 Å². The Morgan fingerprint density at radius 1 is 1.20 bits per heavy atom. The Hall–Kier alpha value is -0.570. The maximum atomic E-state index is 8.76. The molecule has 0 aromatic carbocycles. The SMILES string of the molecule is CCC(C)(CC)CNC(C)(C)/C(C)=N/O. The van der Waals surface area contributed by atoms with Gasteiger partial charge in [-0.1, -0.05) is 25.9 Å².